The largest absolute Gasteiger partial charge is 0.337 e. The number of anilines is 2. The number of nitrogens with zero attached hydrogens (tertiary/aromatic N) is 4. The number of hydroxylamine groups is 1. The summed E-state index contributed by atoms with van der Waals surface area (Å²) < 4.78 is 0. The van der Waals surface area contributed by atoms with Crippen LogP contribution in [0.25, 0.3) is 0 Å². The van der Waals surface area contributed by atoms with Crippen molar-refractivity contribution in [2.45, 2.75) is 0 Å². The van der Waals surface area contributed by atoms with E-state index in [4.69, 9.17) is 11.5 Å². The Morgan fingerprint density at radius 2 is 1.63 bits per heavy atom. The van der Waals surface area contributed by atoms with Gasteiger partial charge in [0.1, 0.15) is 11.4 Å². The van der Waals surface area contributed by atoms with E-state index in [-0.39, 0.29) is 5.96 Å². The Balaban J connectivity index is 2.32. The van der Waals surface area contributed by atoms with Gasteiger partial charge in [0.25, 0.3) is 5.96 Å². The molecule has 0 amide bonds. The summed E-state index contributed by atoms with van der Waals surface area (Å²) in [4.78, 5) is 1.71. The lowest BCUT2D eigenvalue weighted by Gasteiger charge is -2.34. The van der Waals surface area contributed by atoms with Crippen molar-refractivity contribution < 1.29 is 10.4 Å². The molecule has 104 valence electrons. The molecule has 1 aromatic rings. The third-order valence-corrected chi connectivity index (χ3v) is 2.78. The Labute approximate surface area is 111 Å². The minimum absolute atomic E-state index is 0.192. The van der Waals surface area contributed by atoms with Gasteiger partial charge in [0, 0.05) is 26.2 Å². The van der Waals surface area contributed by atoms with Crippen LogP contribution in [0, 0.1) is 0 Å². The van der Waals surface area contributed by atoms with Crippen molar-refractivity contribution in [1.82, 2.24) is 4.90 Å². The van der Waals surface area contributed by atoms with E-state index in [1.807, 2.05) is 0 Å². The SMILES string of the molecule is NCCN(CCN)C1=NN(O)c2ccccc2N1O. The highest BCUT2D eigenvalue weighted by Gasteiger charge is 2.27. The lowest BCUT2D eigenvalue weighted by molar-refractivity contribution is 0.232. The number of hydrogen-bond acceptors (Lipinski definition) is 8. The fourth-order valence-electron chi connectivity index (χ4n) is 1.92. The van der Waals surface area contributed by atoms with Crippen LogP contribution >= 0.6 is 0 Å². The Hall–Kier alpha value is -1.87. The Morgan fingerprint density at radius 1 is 1.05 bits per heavy atom. The molecule has 1 aliphatic rings. The number of hydrazone groups is 1. The zero-order valence-electron chi connectivity index (χ0n) is 10.5. The summed E-state index contributed by atoms with van der Waals surface area (Å²) in [6, 6.07) is 6.83. The predicted molar refractivity (Wildman–Crippen MR) is 72.1 cm³/mol. The minimum atomic E-state index is 0.192. The molecule has 1 aliphatic heterocycles. The van der Waals surface area contributed by atoms with Crippen LogP contribution in [-0.4, -0.2) is 47.5 Å². The van der Waals surface area contributed by atoms with Crippen LogP contribution < -0.4 is 21.7 Å². The maximum atomic E-state index is 10.2. The zero-order valence-corrected chi connectivity index (χ0v) is 10.5. The molecule has 0 spiro atoms. The summed E-state index contributed by atoms with van der Waals surface area (Å²) >= 11 is 0. The molecule has 2 rings (SSSR count). The molecule has 8 heteroatoms. The third-order valence-electron chi connectivity index (χ3n) is 2.78. The van der Waals surface area contributed by atoms with E-state index >= 15 is 0 Å². The quantitative estimate of drug-likeness (QED) is 0.585. The molecule has 0 fully saturated rings. The lowest BCUT2D eigenvalue weighted by atomic mass is 10.2. The maximum Gasteiger partial charge on any atom is 0.250 e. The van der Waals surface area contributed by atoms with Gasteiger partial charge in [-0.2, -0.15) is 5.06 Å². The van der Waals surface area contributed by atoms with Crippen molar-refractivity contribution in [3.05, 3.63) is 24.3 Å². The highest BCUT2D eigenvalue weighted by Crippen LogP contribution is 2.31. The van der Waals surface area contributed by atoms with Crippen molar-refractivity contribution in [3.8, 4) is 0 Å². The van der Waals surface area contributed by atoms with Gasteiger partial charge in [-0.25, -0.2) is 0 Å². The second-order valence-corrected chi connectivity index (χ2v) is 4.05. The normalized spacial score (nSPS) is 14.2. The van der Waals surface area contributed by atoms with Gasteiger partial charge in [0.05, 0.1) is 0 Å². The van der Waals surface area contributed by atoms with Gasteiger partial charge in [0.2, 0.25) is 0 Å². The van der Waals surface area contributed by atoms with E-state index in [9.17, 15) is 10.4 Å². The third kappa shape index (κ3) is 2.61. The van der Waals surface area contributed by atoms with Crippen molar-refractivity contribution in [1.29, 1.82) is 0 Å². The molecule has 0 saturated carbocycles. The van der Waals surface area contributed by atoms with Gasteiger partial charge in [-0.15, -0.1) is 10.3 Å². The van der Waals surface area contributed by atoms with Gasteiger partial charge >= 0.3 is 0 Å². The number of nitrogens with two attached hydrogens (primary N) is 2. The molecule has 0 atom stereocenters. The van der Waals surface area contributed by atoms with Crippen molar-refractivity contribution in [2.24, 2.45) is 16.6 Å². The Kier molecular flexibility index (Phi) is 4.17. The van der Waals surface area contributed by atoms with Crippen molar-refractivity contribution in [2.75, 3.05) is 36.4 Å². The van der Waals surface area contributed by atoms with E-state index in [2.05, 4.69) is 5.10 Å². The van der Waals surface area contributed by atoms with Crippen LogP contribution in [0.4, 0.5) is 11.4 Å². The summed E-state index contributed by atoms with van der Waals surface area (Å²) in [6.45, 7) is 1.73. The monoisotopic (exact) mass is 266 g/mol. The fourth-order valence-corrected chi connectivity index (χ4v) is 1.92. The van der Waals surface area contributed by atoms with Gasteiger partial charge < -0.3 is 16.4 Å². The summed E-state index contributed by atoms with van der Waals surface area (Å²) in [5.74, 6) is 0.192. The molecule has 8 nitrogen and oxygen atoms in total. The van der Waals surface area contributed by atoms with E-state index in [1.54, 1.807) is 29.2 Å². The maximum absolute atomic E-state index is 10.2. The molecule has 6 N–H and O–H groups in total. The average Bonchev–Trinajstić information content (AvgIpc) is 2.43. The number of para-hydroxylation sites is 2. The molecule has 0 saturated heterocycles. The number of benzene rings is 1. The molecule has 0 bridgehead atoms. The number of rotatable bonds is 4. The molecular formula is C11H18N6O2. The average molecular weight is 266 g/mol. The number of fused-ring (bicyclic) bond motifs is 1. The highest BCUT2D eigenvalue weighted by molar-refractivity contribution is 5.99. The lowest BCUT2D eigenvalue weighted by Crippen LogP contribution is -2.50. The molecule has 0 aliphatic carbocycles. The first-order chi connectivity index (χ1) is 9.19. The summed E-state index contributed by atoms with van der Waals surface area (Å²) in [5, 5.41) is 25.7. The molecule has 1 heterocycles. The first-order valence-corrected chi connectivity index (χ1v) is 5.99. The van der Waals surface area contributed by atoms with Crippen LogP contribution in [0.1, 0.15) is 0 Å². The van der Waals surface area contributed by atoms with Gasteiger partial charge in [-0.1, -0.05) is 12.1 Å². The number of hydrogen-bond donors (Lipinski definition) is 4. The van der Waals surface area contributed by atoms with Crippen LogP contribution in [-0.2, 0) is 0 Å². The van der Waals surface area contributed by atoms with E-state index in [1.165, 1.54) is 0 Å². The first-order valence-electron chi connectivity index (χ1n) is 5.99. The van der Waals surface area contributed by atoms with E-state index in [0.29, 0.717) is 37.6 Å². The zero-order chi connectivity index (χ0) is 13.8. The van der Waals surface area contributed by atoms with Crippen LogP contribution in [0.2, 0.25) is 0 Å². The summed E-state index contributed by atoms with van der Waals surface area (Å²) in [7, 11) is 0. The molecule has 0 unspecified atom stereocenters. The first kappa shape index (κ1) is 13.6. The summed E-state index contributed by atoms with van der Waals surface area (Å²) in [5.41, 5.74) is 11.9. The van der Waals surface area contributed by atoms with Crippen molar-refractivity contribution >= 4 is 17.3 Å². The smallest absolute Gasteiger partial charge is 0.250 e. The highest BCUT2D eigenvalue weighted by atomic mass is 16.5. The van der Waals surface area contributed by atoms with Crippen LogP contribution in [0.5, 0.6) is 0 Å². The van der Waals surface area contributed by atoms with Gasteiger partial charge in [-0.05, 0) is 12.1 Å². The number of guanidine groups is 1. The van der Waals surface area contributed by atoms with Crippen molar-refractivity contribution in [3.63, 3.8) is 0 Å². The van der Waals surface area contributed by atoms with Crippen LogP contribution in [0.15, 0.2) is 29.4 Å². The van der Waals surface area contributed by atoms with Gasteiger partial charge in [-0.3, -0.25) is 10.4 Å². The predicted octanol–water partition coefficient (Wildman–Crippen LogP) is -0.418. The Morgan fingerprint density at radius 3 is 2.21 bits per heavy atom. The Bertz CT molecular complexity index is 460. The fraction of sp³-hybridized carbons (Fsp3) is 0.364. The molecule has 19 heavy (non-hydrogen) atoms. The minimum Gasteiger partial charge on any atom is -0.337 e. The van der Waals surface area contributed by atoms with Crippen LogP contribution in [0.3, 0.4) is 0 Å². The van der Waals surface area contributed by atoms with E-state index < -0.39 is 0 Å². The second kappa shape index (κ2) is 5.85. The standard InChI is InChI=1S/C11H18N6O2/c12-5-7-15(8-6-13)11-14-17(19)10-4-2-1-3-9(10)16(11)18/h1-4,18-19H,5-8,12-13H2. The van der Waals surface area contributed by atoms with E-state index in [0.717, 1.165) is 10.2 Å². The molecular weight excluding hydrogens is 248 g/mol. The second-order valence-electron chi connectivity index (χ2n) is 4.05. The topological polar surface area (TPSA) is 115 Å². The molecule has 1 aromatic carbocycles. The molecule has 0 aromatic heterocycles. The molecule has 0 radical (unpaired) electrons. The van der Waals surface area contributed by atoms with Gasteiger partial charge in [0.15, 0.2) is 0 Å². The summed E-state index contributed by atoms with van der Waals surface area (Å²) in [6.07, 6.45) is 0.